The second-order valence-corrected chi connectivity index (χ2v) is 7.65. The molecule has 0 unspecified atom stereocenters. The van der Waals surface area contributed by atoms with Crippen molar-refractivity contribution in [1.29, 1.82) is 0 Å². The Morgan fingerprint density at radius 2 is 1.49 bits per heavy atom. The molecule has 0 fully saturated rings. The molecule has 8 nitrogen and oxygen atoms in total. The van der Waals surface area contributed by atoms with Crippen LogP contribution in [0.15, 0.2) is 78.9 Å². The normalized spacial score (nSPS) is 10.2. The maximum atomic E-state index is 12.7. The highest BCUT2D eigenvalue weighted by Gasteiger charge is 2.14. The van der Waals surface area contributed by atoms with Gasteiger partial charge < -0.3 is 24.8 Å². The second-order valence-electron chi connectivity index (χ2n) is 7.24. The van der Waals surface area contributed by atoms with Crippen LogP contribution in [0.25, 0.3) is 0 Å². The van der Waals surface area contributed by atoms with E-state index in [1.807, 2.05) is 30.3 Å². The Kier molecular flexibility index (Phi) is 10.0. The quantitative estimate of drug-likeness (QED) is 0.277. The lowest BCUT2D eigenvalue weighted by molar-refractivity contribution is 0.0936. The van der Waals surface area contributed by atoms with Crippen LogP contribution >= 0.6 is 12.2 Å². The van der Waals surface area contributed by atoms with Crippen LogP contribution in [0, 0.1) is 0 Å². The smallest absolute Gasteiger partial charge is 0.257 e. The van der Waals surface area contributed by atoms with Crippen LogP contribution < -0.4 is 25.4 Å². The lowest BCUT2D eigenvalue weighted by Gasteiger charge is -2.14. The Morgan fingerprint density at radius 1 is 0.800 bits per heavy atom. The topological polar surface area (TPSA) is 97.9 Å². The van der Waals surface area contributed by atoms with Crippen LogP contribution in [0.1, 0.15) is 20.7 Å². The number of benzene rings is 3. The average Bonchev–Trinajstić information content (AvgIpc) is 2.88. The minimum Gasteiger partial charge on any atom is -0.490 e. The predicted octanol–water partition coefficient (Wildman–Crippen LogP) is 3.65. The summed E-state index contributed by atoms with van der Waals surface area (Å²) in [4.78, 5) is 25.1. The number of rotatable bonds is 11. The Balaban J connectivity index is 1.52. The third kappa shape index (κ3) is 8.40. The average molecular weight is 494 g/mol. The van der Waals surface area contributed by atoms with Crippen molar-refractivity contribution in [2.75, 3.05) is 38.8 Å². The summed E-state index contributed by atoms with van der Waals surface area (Å²) in [6.07, 6.45) is 0. The van der Waals surface area contributed by atoms with Crippen molar-refractivity contribution in [1.82, 2.24) is 10.6 Å². The Morgan fingerprint density at radius 3 is 2.26 bits per heavy atom. The van der Waals surface area contributed by atoms with E-state index in [-0.39, 0.29) is 11.0 Å². The van der Waals surface area contributed by atoms with Gasteiger partial charge in [-0.05, 0) is 54.7 Å². The number of anilines is 1. The van der Waals surface area contributed by atoms with Gasteiger partial charge in [-0.1, -0.05) is 36.4 Å². The van der Waals surface area contributed by atoms with Gasteiger partial charge >= 0.3 is 0 Å². The van der Waals surface area contributed by atoms with Crippen molar-refractivity contribution in [3.05, 3.63) is 90.0 Å². The van der Waals surface area contributed by atoms with Crippen molar-refractivity contribution < 1.29 is 23.8 Å². The van der Waals surface area contributed by atoms with Crippen molar-refractivity contribution in [3.63, 3.8) is 0 Å². The Bertz CT molecular complexity index is 1140. The van der Waals surface area contributed by atoms with Crippen LogP contribution in [0.5, 0.6) is 11.5 Å². The fourth-order valence-corrected chi connectivity index (χ4v) is 3.25. The third-order valence-corrected chi connectivity index (χ3v) is 4.90. The fourth-order valence-electron chi connectivity index (χ4n) is 3.04. The van der Waals surface area contributed by atoms with Gasteiger partial charge in [-0.2, -0.15) is 0 Å². The summed E-state index contributed by atoms with van der Waals surface area (Å²) in [5, 5.41) is 8.37. The van der Waals surface area contributed by atoms with Crippen molar-refractivity contribution in [3.8, 4) is 11.5 Å². The zero-order valence-electron chi connectivity index (χ0n) is 19.3. The lowest BCUT2D eigenvalue weighted by Crippen LogP contribution is -2.35. The molecule has 0 spiro atoms. The zero-order valence-corrected chi connectivity index (χ0v) is 20.1. The molecule has 0 aromatic heterocycles. The van der Waals surface area contributed by atoms with E-state index in [1.165, 1.54) is 0 Å². The molecule has 9 heteroatoms. The number of hydrogen-bond donors (Lipinski definition) is 3. The van der Waals surface area contributed by atoms with Gasteiger partial charge in [0.15, 0.2) is 5.11 Å². The predicted molar refractivity (Wildman–Crippen MR) is 138 cm³/mol. The molecule has 0 aliphatic carbocycles. The van der Waals surface area contributed by atoms with Gasteiger partial charge in [0.25, 0.3) is 11.8 Å². The first-order valence-corrected chi connectivity index (χ1v) is 11.4. The van der Waals surface area contributed by atoms with E-state index in [0.717, 1.165) is 5.75 Å². The first kappa shape index (κ1) is 25.7. The van der Waals surface area contributed by atoms with Crippen LogP contribution in [-0.4, -0.2) is 50.4 Å². The van der Waals surface area contributed by atoms with Gasteiger partial charge in [0.05, 0.1) is 17.9 Å². The number of carbonyl (C=O) groups excluding carboxylic acids is 2. The van der Waals surface area contributed by atoms with Gasteiger partial charge in [0.2, 0.25) is 0 Å². The highest BCUT2D eigenvalue weighted by atomic mass is 32.1. The molecule has 0 aliphatic rings. The summed E-state index contributed by atoms with van der Waals surface area (Å²) in [7, 11) is 1.56. The van der Waals surface area contributed by atoms with E-state index in [4.69, 9.17) is 26.4 Å². The number of para-hydroxylation sites is 2. The lowest BCUT2D eigenvalue weighted by atomic mass is 10.1. The molecule has 0 heterocycles. The molecule has 3 aromatic carbocycles. The standard InChI is InChI=1S/C26H27N3O5S/c1-32-15-14-27-25(31)22-12-5-6-13-23(22)28-26(35)29-24(30)19-8-7-11-21(18-19)34-17-16-33-20-9-3-2-4-10-20/h2-13,18H,14-17H2,1H3,(H,27,31)(H2,28,29,30,35). The maximum absolute atomic E-state index is 12.7. The number of carbonyl (C=O) groups is 2. The van der Waals surface area contributed by atoms with Gasteiger partial charge in [-0.15, -0.1) is 0 Å². The molecule has 3 N–H and O–H groups in total. The van der Waals surface area contributed by atoms with E-state index >= 15 is 0 Å². The number of methoxy groups -OCH3 is 1. The Labute approximate surface area is 209 Å². The molecule has 3 aromatic rings. The van der Waals surface area contributed by atoms with Gasteiger partial charge in [-0.25, -0.2) is 0 Å². The summed E-state index contributed by atoms with van der Waals surface area (Å²) in [6, 6.07) is 23.1. The van der Waals surface area contributed by atoms with Crippen molar-refractivity contribution in [2.45, 2.75) is 0 Å². The molecule has 0 aliphatic heterocycles. The number of ether oxygens (including phenoxy) is 3. The maximum Gasteiger partial charge on any atom is 0.257 e. The molecule has 0 atom stereocenters. The number of nitrogens with one attached hydrogen (secondary N) is 3. The highest BCUT2D eigenvalue weighted by Crippen LogP contribution is 2.16. The van der Waals surface area contributed by atoms with E-state index in [2.05, 4.69) is 16.0 Å². The molecule has 35 heavy (non-hydrogen) atoms. The highest BCUT2D eigenvalue weighted by molar-refractivity contribution is 7.80. The molecule has 0 saturated carbocycles. The van der Waals surface area contributed by atoms with E-state index in [0.29, 0.717) is 48.9 Å². The SMILES string of the molecule is COCCNC(=O)c1ccccc1NC(=S)NC(=O)c1cccc(OCCOc2ccccc2)c1. The van der Waals surface area contributed by atoms with Crippen LogP contribution in [0.4, 0.5) is 5.69 Å². The molecule has 0 radical (unpaired) electrons. The van der Waals surface area contributed by atoms with Crippen LogP contribution in [0.3, 0.4) is 0 Å². The van der Waals surface area contributed by atoms with Gasteiger partial charge in [0, 0.05) is 19.2 Å². The summed E-state index contributed by atoms with van der Waals surface area (Å²) >= 11 is 5.29. The molecular weight excluding hydrogens is 466 g/mol. The van der Waals surface area contributed by atoms with Crippen molar-refractivity contribution in [2.24, 2.45) is 0 Å². The molecular formula is C26H27N3O5S. The van der Waals surface area contributed by atoms with Gasteiger partial charge in [0.1, 0.15) is 24.7 Å². The summed E-state index contributed by atoms with van der Waals surface area (Å²) < 4.78 is 16.2. The van der Waals surface area contributed by atoms with Crippen LogP contribution in [-0.2, 0) is 4.74 Å². The zero-order chi connectivity index (χ0) is 24.9. The number of thiocarbonyl (C=S) groups is 1. The summed E-state index contributed by atoms with van der Waals surface area (Å²) in [5.74, 6) is 0.612. The monoisotopic (exact) mass is 493 g/mol. The first-order chi connectivity index (χ1) is 17.1. The minimum atomic E-state index is -0.407. The fraction of sp³-hybridized carbons (Fsp3) is 0.192. The summed E-state index contributed by atoms with van der Waals surface area (Å²) in [6.45, 7) is 1.47. The number of hydrogen-bond acceptors (Lipinski definition) is 6. The largest absolute Gasteiger partial charge is 0.490 e. The number of amides is 2. The Hall–Kier alpha value is -3.95. The first-order valence-electron chi connectivity index (χ1n) is 11.0. The van der Waals surface area contributed by atoms with E-state index in [9.17, 15) is 9.59 Å². The van der Waals surface area contributed by atoms with E-state index in [1.54, 1.807) is 55.6 Å². The molecule has 2 amide bonds. The third-order valence-electron chi connectivity index (χ3n) is 4.70. The van der Waals surface area contributed by atoms with Crippen molar-refractivity contribution >= 4 is 34.8 Å². The molecule has 3 rings (SSSR count). The summed E-state index contributed by atoms with van der Waals surface area (Å²) in [5.41, 5.74) is 1.25. The molecule has 182 valence electrons. The van der Waals surface area contributed by atoms with Crippen LogP contribution in [0.2, 0.25) is 0 Å². The van der Waals surface area contributed by atoms with E-state index < -0.39 is 5.91 Å². The second kappa shape index (κ2) is 13.7. The molecule has 0 bridgehead atoms. The minimum absolute atomic E-state index is 0.0646. The van der Waals surface area contributed by atoms with Gasteiger partial charge in [-0.3, -0.25) is 14.9 Å². The molecule has 0 saturated heterocycles.